The molecule has 19 heavy (non-hydrogen) atoms. The molecule has 3 aromatic rings. The number of carbonyl (C=O) groups is 1. The molecule has 5 nitrogen and oxygen atoms in total. The number of halogens is 1. The van der Waals surface area contributed by atoms with E-state index in [9.17, 15) is 4.79 Å². The van der Waals surface area contributed by atoms with Crippen LogP contribution >= 0.6 is 11.6 Å². The highest BCUT2D eigenvalue weighted by Gasteiger charge is 2.13. The largest absolute Gasteiger partial charge is 0.451 e. The van der Waals surface area contributed by atoms with Crippen molar-refractivity contribution in [3.63, 3.8) is 0 Å². The number of anilines is 1. The van der Waals surface area contributed by atoms with Gasteiger partial charge in [0.05, 0.1) is 0 Å². The lowest BCUT2D eigenvalue weighted by Gasteiger charge is -2.00. The maximum atomic E-state index is 12.0. The molecule has 6 heteroatoms. The molecule has 1 N–H and O–H groups in total. The highest BCUT2D eigenvalue weighted by Crippen LogP contribution is 2.19. The Kier molecular flexibility index (Phi) is 2.89. The second-order valence-corrected chi connectivity index (χ2v) is 4.19. The third-order valence-corrected chi connectivity index (χ3v) is 2.71. The highest BCUT2D eigenvalue weighted by molar-refractivity contribution is 6.29. The molecule has 0 radical (unpaired) electrons. The van der Waals surface area contributed by atoms with Gasteiger partial charge in [-0.2, -0.15) is 0 Å². The van der Waals surface area contributed by atoms with Gasteiger partial charge in [0.25, 0.3) is 5.91 Å². The molecular weight excluding hydrogens is 266 g/mol. The molecule has 3 rings (SSSR count). The molecule has 0 aliphatic rings. The molecule has 94 valence electrons. The van der Waals surface area contributed by atoms with E-state index in [1.165, 1.54) is 12.3 Å². The summed E-state index contributed by atoms with van der Waals surface area (Å²) in [5, 5.41) is 3.64. The van der Waals surface area contributed by atoms with Crippen LogP contribution < -0.4 is 5.32 Å². The summed E-state index contributed by atoms with van der Waals surface area (Å²) in [5.41, 5.74) is 0.652. The third-order valence-electron chi connectivity index (χ3n) is 2.50. The van der Waals surface area contributed by atoms with Crippen molar-refractivity contribution in [2.45, 2.75) is 0 Å². The molecule has 0 spiro atoms. The van der Waals surface area contributed by atoms with Crippen molar-refractivity contribution in [2.75, 3.05) is 5.32 Å². The Balaban J connectivity index is 1.87. The normalized spacial score (nSPS) is 10.6. The summed E-state index contributed by atoms with van der Waals surface area (Å²) in [6.45, 7) is 0. The molecule has 0 fully saturated rings. The van der Waals surface area contributed by atoms with E-state index in [-0.39, 0.29) is 16.9 Å². The van der Waals surface area contributed by atoms with E-state index in [0.29, 0.717) is 5.58 Å². The van der Waals surface area contributed by atoms with Crippen LogP contribution in [0.25, 0.3) is 11.0 Å². The van der Waals surface area contributed by atoms with Crippen molar-refractivity contribution in [1.82, 2.24) is 9.97 Å². The van der Waals surface area contributed by atoms with Gasteiger partial charge in [0, 0.05) is 11.6 Å². The lowest BCUT2D eigenvalue weighted by atomic mass is 10.2. The first-order valence-electron chi connectivity index (χ1n) is 5.51. The van der Waals surface area contributed by atoms with E-state index >= 15 is 0 Å². The van der Waals surface area contributed by atoms with E-state index in [1.54, 1.807) is 12.1 Å². The molecular formula is C13H8ClN3O2. The number of hydrogen-bond donors (Lipinski definition) is 1. The second-order valence-electron chi connectivity index (χ2n) is 3.81. The topological polar surface area (TPSA) is 68.0 Å². The number of fused-ring (bicyclic) bond motifs is 1. The van der Waals surface area contributed by atoms with Gasteiger partial charge in [0.15, 0.2) is 5.76 Å². The average molecular weight is 274 g/mol. The molecule has 2 heterocycles. The lowest BCUT2D eigenvalue weighted by molar-refractivity contribution is 0.0998. The summed E-state index contributed by atoms with van der Waals surface area (Å²) >= 11 is 5.71. The minimum absolute atomic E-state index is 0.137. The number of amides is 1. The predicted molar refractivity (Wildman–Crippen MR) is 71.2 cm³/mol. The summed E-state index contributed by atoms with van der Waals surface area (Å²) in [4.78, 5) is 19.7. The van der Waals surface area contributed by atoms with Crippen LogP contribution in [-0.2, 0) is 0 Å². The Labute approximate surface area is 113 Å². The van der Waals surface area contributed by atoms with E-state index < -0.39 is 5.91 Å². The first kappa shape index (κ1) is 11.7. The van der Waals surface area contributed by atoms with Crippen molar-refractivity contribution >= 4 is 34.4 Å². The number of hydrogen-bond acceptors (Lipinski definition) is 4. The zero-order valence-electron chi connectivity index (χ0n) is 9.63. The van der Waals surface area contributed by atoms with Gasteiger partial charge < -0.3 is 4.42 Å². The van der Waals surface area contributed by atoms with Crippen LogP contribution in [0.3, 0.4) is 0 Å². The Bertz CT molecular complexity index is 721. The smallest absolute Gasteiger partial charge is 0.293 e. The van der Waals surface area contributed by atoms with Crippen molar-refractivity contribution in [1.29, 1.82) is 0 Å². The van der Waals surface area contributed by atoms with Crippen molar-refractivity contribution in [2.24, 2.45) is 0 Å². The van der Waals surface area contributed by atoms with Gasteiger partial charge in [0.1, 0.15) is 10.7 Å². The Morgan fingerprint density at radius 3 is 2.89 bits per heavy atom. The number of rotatable bonds is 2. The molecule has 1 amide bonds. The molecule has 0 saturated heterocycles. The Morgan fingerprint density at radius 1 is 1.26 bits per heavy atom. The van der Waals surface area contributed by atoms with Gasteiger partial charge in [-0.1, -0.05) is 29.8 Å². The van der Waals surface area contributed by atoms with Crippen LogP contribution in [0.5, 0.6) is 0 Å². The summed E-state index contributed by atoms with van der Waals surface area (Å²) < 4.78 is 5.43. The van der Waals surface area contributed by atoms with E-state index in [1.807, 2.05) is 18.2 Å². The summed E-state index contributed by atoms with van der Waals surface area (Å²) in [6, 6.07) is 10.6. The molecule has 0 bridgehead atoms. The SMILES string of the molecule is O=C(Nc1nccc(Cl)n1)c1cc2ccccc2o1. The molecule has 0 aliphatic carbocycles. The minimum atomic E-state index is -0.418. The zero-order valence-corrected chi connectivity index (χ0v) is 10.4. The fourth-order valence-electron chi connectivity index (χ4n) is 1.65. The molecule has 2 aromatic heterocycles. The monoisotopic (exact) mass is 273 g/mol. The van der Waals surface area contributed by atoms with Crippen LogP contribution in [0.1, 0.15) is 10.6 Å². The lowest BCUT2D eigenvalue weighted by Crippen LogP contribution is -2.13. The van der Waals surface area contributed by atoms with Gasteiger partial charge in [-0.25, -0.2) is 9.97 Å². The maximum absolute atomic E-state index is 12.0. The molecule has 0 unspecified atom stereocenters. The van der Waals surface area contributed by atoms with E-state index in [4.69, 9.17) is 16.0 Å². The van der Waals surface area contributed by atoms with Gasteiger partial charge in [0.2, 0.25) is 5.95 Å². The van der Waals surface area contributed by atoms with Crippen molar-refractivity contribution < 1.29 is 9.21 Å². The summed E-state index contributed by atoms with van der Waals surface area (Å²) in [5.74, 6) is -0.0822. The fraction of sp³-hybridized carbons (Fsp3) is 0. The standard InChI is InChI=1S/C13H8ClN3O2/c14-11-5-6-15-13(16-11)17-12(18)10-7-8-3-1-2-4-9(8)19-10/h1-7H,(H,15,16,17,18). The van der Waals surface area contributed by atoms with Crippen LogP contribution in [0, 0.1) is 0 Å². The van der Waals surface area contributed by atoms with Gasteiger partial charge >= 0.3 is 0 Å². The first-order valence-corrected chi connectivity index (χ1v) is 5.89. The molecule has 0 aliphatic heterocycles. The van der Waals surface area contributed by atoms with Crippen LogP contribution in [-0.4, -0.2) is 15.9 Å². The number of aromatic nitrogens is 2. The van der Waals surface area contributed by atoms with Crippen LogP contribution in [0.4, 0.5) is 5.95 Å². The zero-order chi connectivity index (χ0) is 13.2. The number of carbonyl (C=O) groups excluding carboxylic acids is 1. The number of benzene rings is 1. The third kappa shape index (κ3) is 2.41. The minimum Gasteiger partial charge on any atom is -0.451 e. The molecule has 0 atom stereocenters. The van der Waals surface area contributed by atoms with Crippen molar-refractivity contribution in [3.8, 4) is 0 Å². The van der Waals surface area contributed by atoms with Crippen LogP contribution in [0.15, 0.2) is 47.0 Å². The van der Waals surface area contributed by atoms with E-state index in [0.717, 1.165) is 5.39 Å². The first-order chi connectivity index (χ1) is 9.22. The van der Waals surface area contributed by atoms with Gasteiger partial charge in [-0.15, -0.1) is 0 Å². The fourth-order valence-corrected chi connectivity index (χ4v) is 1.79. The molecule has 0 saturated carbocycles. The summed E-state index contributed by atoms with van der Waals surface area (Å²) in [6.07, 6.45) is 1.46. The molecule has 1 aromatic carbocycles. The van der Waals surface area contributed by atoms with Gasteiger partial charge in [-0.3, -0.25) is 10.1 Å². The predicted octanol–water partition coefficient (Wildman–Crippen LogP) is 3.13. The quantitative estimate of drug-likeness (QED) is 0.728. The number of para-hydroxylation sites is 1. The Hall–Kier alpha value is -2.40. The number of nitrogens with one attached hydrogen (secondary N) is 1. The van der Waals surface area contributed by atoms with Crippen LogP contribution in [0.2, 0.25) is 5.15 Å². The highest BCUT2D eigenvalue weighted by atomic mass is 35.5. The van der Waals surface area contributed by atoms with Crippen molar-refractivity contribution in [3.05, 3.63) is 53.5 Å². The second kappa shape index (κ2) is 4.70. The Morgan fingerprint density at radius 2 is 2.11 bits per heavy atom. The average Bonchev–Trinajstić information content (AvgIpc) is 2.82. The maximum Gasteiger partial charge on any atom is 0.293 e. The number of furan rings is 1. The summed E-state index contributed by atoms with van der Waals surface area (Å²) in [7, 11) is 0. The van der Waals surface area contributed by atoms with Gasteiger partial charge in [-0.05, 0) is 18.2 Å². The van der Waals surface area contributed by atoms with E-state index in [2.05, 4.69) is 15.3 Å². The number of nitrogens with zero attached hydrogens (tertiary/aromatic N) is 2.